The average Bonchev–Trinajstić information content (AvgIpc) is 3.14. The highest BCUT2D eigenvalue weighted by molar-refractivity contribution is 9.11. The van der Waals surface area contributed by atoms with E-state index in [1.54, 1.807) is 0 Å². The van der Waals surface area contributed by atoms with Crippen LogP contribution in [0.4, 0.5) is 0 Å². The van der Waals surface area contributed by atoms with E-state index in [1.807, 2.05) is 48.5 Å². The Bertz CT molecular complexity index is 1070. The third-order valence-electron chi connectivity index (χ3n) is 5.07. The van der Waals surface area contributed by atoms with Crippen LogP contribution in [0.25, 0.3) is 0 Å². The number of nitrogens with zero attached hydrogens (tertiary/aromatic N) is 2. The van der Waals surface area contributed by atoms with Gasteiger partial charge in [-0.3, -0.25) is 0 Å². The molecule has 3 aromatic rings. The lowest BCUT2D eigenvalue weighted by molar-refractivity contribution is -0.0197. The summed E-state index contributed by atoms with van der Waals surface area (Å²) in [5.41, 5.74) is 4.33. The molecule has 0 aliphatic carbocycles. The molecule has 3 aromatic carbocycles. The molecule has 0 N–H and O–H groups in total. The SMILES string of the molecule is Clc1ccc(C2=NN3[C@H](C2)c2cc(Br)cc(Br)c2O[C@@H]3c2ccccc2)cc1. The maximum absolute atomic E-state index is 6.45. The number of fused-ring (bicyclic) bond motifs is 3. The normalized spacial score (nSPS) is 20.2. The predicted molar refractivity (Wildman–Crippen MR) is 119 cm³/mol. The fourth-order valence-electron chi connectivity index (χ4n) is 3.77. The van der Waals surface area contributed by atoms with Gasteiger partial charge in [0.1, 0.15) is 5.75 Å². The Labute approximate surface area is 185 Å². The van der Waals surface area contributed by atoms with E-state index in [0.717, 1.165) is 48.5 Å². The molecule has 2 aliphatic rings. The largest absolute Gasteiger partial charge is 0.463 e. The third-order valence-corrected chi connectivity index (χ3v) is 6.37. The monoisotopic (exact) mass is 516 g/mol. The van der Waals surface area contributed by atoms with Crippen LogP contribution in [0, 0.1) is 0 Å². The first-order chi connectivity index (χ1) is 13.6. The smallest absolute Gasteiger partial charge is 0.213 e. The van der Waals surface area contributed by atoms with E-state index in [2.05, 4.69) is 55.1 Å². The van der Waals surface area contributed by atoms with Crippen molar-refractivity contribution in [1.29, 1.82) is 0 Å². The lowest BCUT2D eigenvalue weighted by Gasteiger charge is -2.38. The molecule has 0 unspecified atom stereocenters. The second-order valence-corrected chi connectivity index (χ2v) is 9.05. The highest BCUT2D eigenvalue weighted by Crippen LogP contribution is 2.50. The summed E-state index contributed by atoms with van der Waals surface area (Å²) in [5, 5.41) is 7.79. The molecule has 0 aromatic heterocycles. The van der Waals surface area contributed by atoms with Crippen molar-refractivity contribution in [1.82, 2.24) is 5.01 Å². The molecule has 2 atom stereocenters. The number of halogens is 3. The van der Waals surface area contributed by atoms with Gasteiger partial charge >= 0.3 is 0 Å². The minimum atomic E-state index is -0.277. The van der Waals surface area contributed by atoms with Crippen molar-refractivity contribution in [3.8, 4) is 5.75 Å². The van der Waals surface area contributed by atoms with Gasteiger partial charge in [-0.25, -0.2) is 5.01 Å². The Morgan fingerprint density at radius 1 is 1.00 bits per heavy atom. The molecule has 5 rings (SSSR count). The van der Waals surface area contributed by atoms with Crippen LogP contribution < -0.4 is 4.74 Å². The molecule has 28 heavy (non-hydrogen) atoms. The maximum Gasteiger partial charge on any atom is 0.213 e. The zero-order valence-corrected chi connectivity index (χ0v) is 18.6. The molecule has 0 fully saturated rings. The third kappa shape index (κ3) is 3.15. The summed E-state index contributed by atoms with van der Waals surface area (Å²) in [6.45, 7) is 0. The van der Waals surface area contributed by atoms with Crippen LogP contribution in [0.15, 0.2) is 80.8 Å². The molecule has 6 heteroatoms. The van der Waals surface area contributed by atoms with Gasteiger partial charge < -0.3 is 4.74 Å². The number of rotatable bonds is 2. The van der Waals surface area contributed by atoms with Crippen molar-refractivity contribution in [2.24, 2.45) is 5.10 Å². The van der Waals surface area contributed by atoms with Gasteiger partial charge in [-0.2, -0.15) is 5.10 Å². The van der Waals surface area contributed by atoms with Crippen LogP contribution in [0.1, 0.15) is 35.4 Å². The van der Waals surface area contributed by atoms with Crippen LogP contribution in [-0.2, 0) is 0 Å². The Balaban J connectivity index is 1.63. The van der Waals surface area contributed by atoms with Crippen LogP contribution in [-0.4, -0.2) is 10.7 Å². The first kappa shape index (κ1) is 18.2. The van der Waals surface area contributed by atoms with Gasteiger partial charge in [0.2, 0.25) is 6.23 Å². The Morgan fingerprint density at radius 2 is 1.75 bits per heavy atom. The predicted octanol–water partition coefficient (Wildman–Crippen LogP) is 7.11. The van der Waals surface area contributed by atoms with Gasteiger partial charge in [-0.1, -0.05) is 70.0 Å². The van der Waals surface area contributed by atoms with Crippen molar-refractivity contribution >= 4 is 49.2 Å². The van der Waals surface area contributed by atoms with Crippen molar-refractivity contribution in [3.63, 3.8) is 0 Å². The molecule has 0 bridgehead atoms. The quantitative estimate of drug-likeness (QED) is 0.361. The van der Waals surface area contributed by atoms with Crippen molar-refractivity contribution in [2.45, 2.75) is 18.7 Å². The van der Waals surface area contributed by atoms with Crippen LogP contribution in [0.2, 0.25) is 5.02 Å². The zero-order valence-electron chi connectivity index (χ0n) is 14.6. The van der Waals surface area contributed by atoms with Gasteiger partial charge in [0, 0.05) is 27.0 Å². The molecule has 140 valence electrons. The standard InChI is InChI=1S/C22H15Br2ClN2O/c23-15-10-17-20-12-19(13-6-8-16(25)9-7-13)26-27(20)22(14-4-2-1-3-5-14)28-21(17)18(24)11-15/h1-11,20,22H,12H2/t20-,22-/m1/s1. The second-order valence-electron chi connectivity index (χ2n) is 6.84. The number of benzene rings is 3. The summed E-state index contributed by atoms with van der Waals surface area (Å²) in [5.74, 6) is 0.880. The topological polar surface area (TPSA) is 24.8 Å². The van der Waals surface area contributed by atoms with Gasteiger partial charge in [-0.15, -0.1) is 0 Å². The summed E-state index contributed by atoms with van der Waals surface area (Å²) in [6.07, 6.45) is 0.533. The van der Waals surface area contributed by atoms with E-state index >= 15 is 0 Å². The average molecular weight is 519 g/mol. The Kier molecular flexibility index (Phi) is 4.69. The van der Waals surface area contributed by atoms with Gasteiger partial charge in [-0.05, 0) is 45.8 Å². The fraction of sp³-hybridized carbons (Fsp3) is 0.136. The van der Waals surface area contributed by atoms with Gasteiger partial charge in [0.05, 0.1) is 16.2 Å². The van der Waals surface area contributed by atoms with E-state index in [0.29, 0.717) is 0 Å². The second kappa shape index (κ2) is 7.21. The van der Waals surface area contributed by atoms with E-state index in [4.69, 9.17) is 21.4 Å². The van der Waals surface area contributed by atoms with Crippen LogP contribution in [0.5, 0.6) is 5.75 Å². The molecule has 0 saturated carbocycles. The summed E-state index contributed by atoms with van der Waals surface area (Å²) in [7, 11) is 0. The molecular weight excluding hydrogens is 504 g/mol. The zero-order chi connectivity index (χ0) is 19.3. The van der Waals surface area contributed by atoms with Crippen molar-refractivity contribution in [3.05, 3.63) is 97.4 Å². The Hall–Kier alpha value is -1.82. The van der Waals surface area contributed by atoms with Gasteiger partial charge in [0.25, 0.3) is 0 Å². The lowest BCUT2D eigenvalue weighted by Crippen LogP contribution is -2.33. The number of hydrazone groups is 1. The van der Waals surface area contributed by atoms with Crippen molar-refractivity contribution in [2.75, 3.05) is 0 Å². The molecular formula is C22H15Br2ClN2O. The first-order valence-electron chi connectivity index (χ1n) is 8.92. The Morgan fingerprint density at radius 3 is 2.50 bits per heavy atom. The van der Waals surface area contributed by atoms with Gasteiger partial charge in [0.15, 0.2) is 0 Å². The molecule has 0 saturated heterocycles. The lowest BCUT2D eigenvalue weighted by atomic mass is 9.96. The molecule has 2 aliphatic heterocycles. The minimum Gasteiger partial charge on any atom is -0.463 e. The molecule has 0 amide bonds. The summed E-state index contributed by atoms with van der Waals surface area (Å²) >= 11 is 13.3. The summed E-state index contributed by atoms with van der Waals surface area (Å²) in [6, 6.07) is 22.3. The van der Waals surface area contributed by atoms with Crippen molar-refractivity contribution < 1.29 is 4.74 Å². The van der Waals surface area contributed by atoms with Crippen LogP contribution in [0.3, 0.4) is 0 Å². The maximum atomic E-state index is 6.45. The molecule has 2 heterocycles. The van der Waals surface area contributed by atoms with E-state index in [9.17, 15) is 0 Å². The highest BCUT2D eigenvalue weighted by Gasteiger charge is 2.41. The minimum absolute atomic E-state index is 0.105. The van der Waals surface area contributed by atoms with E-state index in [1.165, 1.54) is 0 Å². The fourth-order valence-corrected chi connectivity index (χ4v) is 5.25. The van der Waals surface area contributed by atoms with E-state index < -0.39 is 0 Å². The summed E-state index contributed by atoms with van der Waals surface area (Å²) in [4.78, 5) is 0. The number of ether oxygens (including phenoxy) is 1. The van der Waals surface area contributed by atoms with E-state index in [-0.39, 0.29) is 12.3 Å². The highest BCUT2D eigenvalue weighted by atomic mass is 79.9. The molecule has 0 radical (unpaired) electrons. The molecule has 0 spiro atoms. The number of hydrogen-bond acceptors (Lipinski definition) is 3. The number of hydrogen-bond donors (Lipinski definition) is 0. The summed E-state index contributed by atoms with van der Waals surface area (Å²) < 4.78 is 8.41. The molecule has 3 nitrogen and oxygen atoms in total. The van der Waals surface area contributed by atoms with Crippen LogP contribution >= 0.6 is 43.5 Å². The first-order valence-corrected chi connectivity index (χ1v) is 10.9.